The number of fused-ring (bicyclic) bond motifs is 8. The first-order chi connectivity index (χ1) is 25.3. The van der Waals surface area contributed by atoms with E-state index in [1.54, 1.807) is 0 Å². The maximum Gasteiger partial charge on any atom is 0.0540 e. The average Bonchev–Trinajstić information content (AvgIpc) is 3.21. The third-order valence-electron chi connectivity index (χ3n) is 10.4. The van der Waals surface area contributed by atoms with Gasteiger partial charge in [-0.15, -0.1) is 0 Å². The maximum atomic E-state index is 2.42. The molecule has 0 N–H and O–H groups in total. The molecule has 0 atom stereocenters. The Morgan fingerprint density at radius 1 is 0.255 bits per heavy atom. The van der Waals surface area contributed by atoms with Crippen molar-refractivity contribution in [3.8, 4) is 22.3 Å². The fourth-order valence-electron chi connectivity index (χ4n) is 7.98. The van der Waals surface area contributed by atoms with E-state index in [1.165, 1.54) is 76.1 Å². The van der Waals surface area contributed by atoms with Crippen molar-refractivity contribution in [1.29, 1.82) is 0 Å². The highest BCUT2D eigenvalue weighted by Crippen LogP contribution is 2.44. The maximum absolute atomic E-state index is 2.42. The lowest BCUT2D eigenvalue weighted by Crippen LogP contribution is -2.11. The summed E-state index contributed by atoms with van der Waals surface area (Å²) in [6.45, 7) is 0. The molecule has 1 heteroatoms. The van der Waals surface area contributed by atoms with Crippen LogP contribution in [0, 0.1) is 0 Å². The second-order valence-corrected chi connectivity index (χ2v) is 13.3. The van der Waals surface area contributed by atoms with Crippen LogP contribution >= 0.6 is 0 Å². The number of rotatable bonds is 5. The monoisotopic (exact) mass is 647 g/mol. The topological polar surface area (TPSA) is 3.24 Å². The van der Waals surface area contributed by atoms with Crippen LogP contribution in [-0.4, -0.2) is 0 Å². The molecule has 0 bridgehead atoms. The SMILES string of the molecule is c1ccc(-c2ccccc2N(c2ccc(-c3cc4c5ccccc5ccc4c4ccccc34)cc2)c2ccc3ccc4ccccc4c3c2)cc1. The van der Waals surface area contributed by atoms with E-state index in [2.05, 4.69) is 205 Å². The largest absolute Gasteiger partial charge is 0.310 e. The van der Waals surface area contributed by atoms with E-state index in [0.717, 1.165) is 17.1 Å². The predicted molar refractivity (Wildman–Crippen MR) is 220 cm³/mol. The summed E-state index contributed by atoms with van der Waals surface area (Å²) in [4.78, 5) is 2.42. The highest BCUT2D eigenvalue weighted by Gasteiger charge is 2.19. The van der Waals surface area contributed by atoms with Crippen molar-refractivity contribution in [2.24, 2.45) is 0 Å². The van der Waals surface area contributed by atoms with Gasteiger partial charge in [0.2, 0.25) is 0 Å². The second kappa shape index (κ2) is 12.0. The van der Waals surface area contributed by atoms with E-state index in [4.69, 9.17) is 0 Å². The number of hydrogen-bond acceptors (Lipinski definition) is 1. The van der Waals surface area contributed by atoms with Crippen LogP contribution in [-0.2, 0) is 0 Å². The number of benzene rings is 10. The molecule has 1 nitrogen and oxygen atoms in total. The Kier molecular flexibility index (Phi) is 6.89. The van der Waals surface area contributed by atoms with Crippen LogP contribution in [0.3, 0.4) is 0 Å². The van der Waals surface area contributed by atoms with E-state index >= 15 is 0 Å². The van der Waals surface area contributed by atoms with Gasteiger partial charge in [0.1, 0.15) is 0 Å². The lowest BCUT2D eigenvalue weighted by molar-refractivity contribution is 1.29. The second-order valence-electron chi connectivity index (χ2n) is 13.3. The van der Waals surface area contributed by atoms with E-state index in [-0.39, 0.29) is 0 Å². The molecular formula is C50H33N. The van der Waals surface area contributed by atoms with Gasteiger partial charge in [0, 0.05) is 16.9 Å². The zero-order chi connectivity index (χ0) is 33.7. The summed E-state index contributed by atoms with van der Waals surface area (Å²) in [7, 11) is 0. The fourth-order valence-corrected chi connectivity index (χ4v) is 7.98. The van der Waals surface area contributed by atoms with Crippen molar-refractivity contribution in [2.75, 3.05) is 4.90 Å². The van der Waals surface area contributed by atoms with Crippen LogP contribution in [0.2, 0.25) is 0 Å². The minimum atomic E-state index is 1.11. The number of para-hydroxylation sites is 1. The summed E-state index contributed by atoms with van der Waals surface area (Å²) in [6.07, 6.45) is 0. The average molecular weight is 648 g/mol. The normalized spacial score (nSPS) is 11.5. The summed E-state index contributed by atoms with van der Waals surface area (Å²) >= 11 is 0. The Labute approximate surface area is 297 Å². The fraction of sp³-hybridized carbons (Fsp3) is 0. The molecule has 10 aromatic carbocycles. The molecule has 0 aliphatic heterocycles. The number of nitrogens with zero attached hydrogens (tertiary/aromatic N) is 1. The number of hydrogen-bond donors (Lipinski definition) is 0. The third kappa shape index (κ3) is 4.94. The standard InChI is InChI=1S/C50H33N/c1-2-12-34(13-3-1)43-18-10-11-21-50(43)51(40-30-26-37-23-22-35-14-4-6-16-41(35)47(37)32-40)39-28-24-38(25-29-39)48-33-49-42-17-7-5-15-36(42)27-31-46(49)44-19-8-9-20-45(44)48/h1-33H. The molecule has 238 valence electrons. The van der Waals surface area contributed by atoms with Crippen molar-refractivity contribution in [3.05, 3.63) is 200 Å². The van der Waals surface area contributed by atoms with Gasteiger partial charge < -0.3 is 4.90 Å². The first-order valence-electron chi connectivity index (χ1n) is 17.6. The lowest BCUT2D eigenvalue weighted by atomic mass is 9.91. The highest BCUT2D eigenvalue weighted by molar-refractivity contribution is 6.21. The molecule has 0 aromatic heterocycles. The Morgan fingerprint density at radius 2 is 0.765 bits per heavy atom. The molecule has 0 fully saturated rings. The molecule has 0 unspecified atom stereocenters. The van der Waals surface area contributed by atoms with Gasteiger partial charge in [0.15, 0.2) is 0 Å². The Morgan fingerprint density at radius 3 is 1.53 bits per heavy atom. The Hall–Kier alpha value is -6.70. The van der Waals surface area contributed by atoms with Crippen molar-refractivity contribution < 1.29 is 0 Å². The molecule has 10 rings (SSSR count). The Balaban J connectivity index is 1.18. The summed E-state index contributed by atoms with van der Waals surface area (Å²) in [5.41, 5.74) is 8.19. The lowest BCUT2D eigenvalue weighted by Gasteiger charge is -2.28. The molecule has 0 saturated carbocycles. The Bertz CT molecular complexity index is 2900. The van der Waals surface area contributed by atoms with Crippen molar-refractivity contribution in [2.45, 2.75) is 0 Å². The highest BCUT2D eigenvalue weighted by atomic mass is 15.1. The van der Waals surface area contributed by atoms with Gasteiger partial charge in [-0.3, -0.25) is 0 Å². The zero-order valence-corrected chi connectivity index (χ0v) is 28.0. The molecule has 10 aromatic rings. The molecule has 0 saturated heterocycles. The van der Waals surface area contributed by atoms with Crippen molar-refractivity contribution in [3.63, 3.8) is 0 Å². The van der Waals surface area contributed by atoms with Gasteiger partial charge in [-0.1, -0.05) is 164 Å². The molecular weight excluding hydrogens is 615 g/mol. The zero-order valence-electron chi connectivity index (χ0n) is 28.0. The molecule has 0 amide bonds. The minimum absolute atomic E-state index is 1.11. The van der Waals surface area contributed by atoms with Gasteiger partial charge >= 0.3 is 0 Å². The third-order valence-corrected chi connectivity index (χ3v) is 10.4. The smallest absolute Gasteiger partial charge is 0.0540 e. The first-order valence-corrected chi connectivity index (χ1v) is 17.6. The van der Waals surface area contributed by atoms with Gasteiger partial charge in [-0.25, -0.2) is 0 Å². The molecule has 0 aliphatic rings. The molecule has 51 heavy (non-hydrogen) atoms. The van der Waals surface area contributed by atoms with Crippen molar-refractivity contribution >= 4 is 70.9 Å². The van der Waals surface area contributed by atoms with Crippen LogP contribution in [0.4, 0.5) is 17.1 Å². The van der Waals surface area contributed by atoms with Gasteiger partial charge in [0.25, 0.3) is 0 Å². The first kappa shape index (κ1) is 29.2. The molecule has 0 radical (unpaired) electrons. The van der Waals surface area contributed by atoms with E-state index in [0.29, 0.717) is 0 Å². The minimum Gasteiger partial charge on any atom is -0.310 e. The van der Waals surface area contributed by atoms with Gasteiger partial charge in [-0.2, -0.15) is 0 Å². The van der Waals surface area contributed by atoms with E-state index < -0.39 is 0 Å². The number of anilines is 3. The van der Waals surface area contributed by atoms with Crippen LogP contribution < -0.4 is 4.90 Å². The van der Waals surface area contributed by atoms with Crippen LogP contribution in [0.15, 0.2) is 200 Å². The van der Waals surface area contributed by atoms with Gasteiger partial charge in [0.05, 0.1) is 5.69 Å². The van der Waals surface area contributed by atoms with E-state index in [1.807, 2.05) is 0 Å². The summed E-state index contributed by atoms with van der Waals surface area (Å²) in [5.74, 6) is 0. The van der Waals surface area contributed by atoms with Gasteiger partial charge in [-0.05, 0) is 107 Å². The van der Waals surface area contributed by atoms with Crippen LogP contribution in [0.5, 0.6) is 0 Å². The summed E-state index contributed by atoms with van der Waals surface area (Å²) < 4.78 is 0. The molecule has 0 heterocycles. The van der Waals surface area contributed by atoms with E-state index in [9.17, 15) is 0 Å². The summed E-state index contributed by atoms with van der Waals surface area (Å²) in [6, 6.07) is 73.1. The predicted octanol–water partition coefficient (Wildman–Crippen LogP) is 14.3. The molecule has 0 spiro atoms. The molecule has 0 aliphatic carbocycles. The van der Waals surface area contributed by atoms with Crippen LogP contribution in [0.25, 0.3) is 76.1 Å². The van der Waals surface area contributed by atoms with Crippen molar-refractivity contribution in [1.82, 2.24) is 0 Å². The van der Waals surface area contributed by atoms with Crippen LogP contribution in [0.1, 0.15) is 0 Å². The quantitative estimate of drug-likeness (QED) is 0.168. The summed E-state index contributed by atoms with van der Waals surface area (Å²) in [5, 5.41) is 12.7.